The summed E-state index contributed by atoms with van der Waals surface area (Å²) in [7, 11) is 0. The minimum Gasteiger partial charge on any atom is -0.171 e. The van der Waals surface area contributed by atoms with Crippen LogP contribution in [0.15, 0.2) is 24.3 Å². The van der Waals surface area contributed by atoms with Crippen LogP contribution >= 0.6 is 0 Å². The van der Waals surface area contributed by atoms with E-state index in [1.807, 2.05) is 0 Å². The molecule has 0 unspecified atom stereocenters. The van der Waals surface area contributed by atoms with Crippen molar-refractivity contribution in [1.29, 1.82) is 0 Å². The molecule has 0 aliphatic heterocycles. The summed E-state index contributed by atoms with van der Waals surface area (Å²) in [6.45, 7) is 5.07. The van der Waals surface area contributed by atoms with Gasteiger partial charge in [0, 0.05) is 0 Å². The molecule has 0 aliphatic rings. The second kappa shape index (κ2) is 3.44. The number of alkyl halides is 3. The first kappa shape index (κ1) is 9.27. The zero-order valence-corrected chi connectivity index (χ0v) is 5.70. The van der Waals surface area contributed by atoms with Crippen LogP contribution in [0, 0.1) is 0 Å². The van der Waals surface area contributed by atoms with Crippen molar-refractivity contribution in [3.8, 4) is 0 Å². The Labute approximate surface area is 58.0 Å². The molecule has 0 N–H and O–H groups in total. The minimum absolute atomic E-state index is 0.629. The molecule has 0 atom stereocenters. The molecule has 0 amide bonds. The molecule has 10 heavy (non-hydrogen) atoms. The molecule has 0 bridgehead atoms. The van der Waals surface area contributed by atoms with Crippen molar-refractivity contribution in [2.24, 2.45) is 0 Å². The standard InChI is InChI=1S/C7H9F3/c1-6(2)4-3-5-7(8,9)10/h3-4H,1,5H2,2H3. The average Bonchev–Trinajstić information content (AvgIpc) is 1.59. The Morgan fingerprint density at radius 1 is 1.50 bits per heavy atom. The Balaban J connectivity index is 3.64. The highest BCUT2D eigenvalue weighted by Gasteiger charge is 2.24. The highest BCUT2D eigenvalue weighted by molar-refractivity contribution is 5.10. The predicted molar refractivity (Wildman–Crippen MR) is 34.6 cm³/mol. The van der Waals surface area contributed by atoms with E-state index in [9.17, 15) is 13.2 Å². The van der Waals surface area contributed by atoms with Gasteiger partial charge in [0.15, 0.2) is 0 Å². The summed E-state index contributed by atoms with van der Waals surface area (Å²) in [6.07, 6.45) is -2.55. The molecule has 0 rings (SSSR count). The van der Waals surface area contributed by atoms with Crippen molar-refractivity contribution in [2.75, 3.05) is 0 Å². The van der Waals surface area contributed by atoms with Gasteiger partial charge in [-0.25, -0.2) is 0 Å². The quantitative estimate of drug-likeness (QED) is 0.530. The minimum atomic E-state index is -4.09. The molecule has 0 saturated carbocycles. The first-order valence-corrected chi connectivity index (χ1v) is 2.80. The smallest absolute Gasteiger partial charge is 0.171 e. The molecule has 0 heterocycles. The van der Waals surface area contributed by atoms with Crippen LogP contribution < -0.4 is 0 Å². The van der Waals surface area contributed by atoms with E-state index in [1.54, 1.807) is 6.92 Å². The Morgan fingerprint density at radius 2 is 2.00 bits per heavy atom. The van der Waals surface area contributed by atoms with Gasteiger partial charge in [0.2, 0.25) is 0 Å². The van der Waals surface area contributed by atoms with Gasteiger partial charge in [0.25, 0.3) is 0 Å². The van der Waals surface area contributed by atoms with Crippen molar-refractivity contribution in [2.45, 2.75) is 19.5 Å². The summed E-state index contributed by atoms with van der Waals surface area (Å²) in [5.74, 6) is 0. The van der Waals surface area contributed by atoms with E-state index in [0.717, 1.165) is 6.08 Å². The normalized spacial score (nSPS) is 12.4. The van der Waals surface area contributed by atoms with Crippen LogP contribution in [0.5, 0.6) is 0 Å². The zero-order valence-electron chi connectivity index (χ0n) is 5.70. The van der Waals surface area contributed by atoms with Crippen LogP contribution in [-0.2, 0) is 0 Å². The topological polar surface area (TPSA) is 0 Å². The second-order valence-corrected chi connectivity index (χ2v) is 2.07. The number of hydrogen-bond acceptors (Lipinski definition) is 0. The highest BCUT2D eigenvalue weighted by atomic mass is 19.4. The lowest BCUT2D eigenvalue weighted by atomic mass is 10.3. The van der Waals surface area contributed by atoms with E-state index in [-0.39, 0.29) is 0 Å². The molecular formula is C7H9F3. The van der Waals surface area contributed by atoms with Gasteiger partial charge in [-0.2, -0.15) is 13.2 Å². The molecule has 0 aromatic carbocycles. The molecule has 0 spiro atoms. The summed E-state index contributed by atoms with van der Waals surface area (Å²) in [4.78, 5) is 0. The monoisotopic (exact) mass is 150 g/mol. The van der Waals surface area contributed by atoms with E-state index in [0.29, 0.717) is 5.57 Å². The van der Waals surface area contributed by atoms with Crippen molar-refractivity contribution in [1.82, 2.24) is 0 Å². The average molecular weight is 150 g/mol. The fourth-order valence-electron chi connectivity index (χ4n) is 0.394. The van der Waals surface area contributed by atoms with Crippen molar-refractivity contribution < 1.29 is 13.2 Å². The molecule has 0 aliphatic carbocycles. The zero-order chi connectivity index (χ0) is 8.20. The molecule has 58 valence electrons. The van der Waals surface area contributed by atoms with Gasteiger partial charge >= 0.3 is 6.18 Å². The van der Waals surface area contributed by atoms with E-state index >= 15 is 0 Å². The molecule has 0 fully saturated rings. The third-order valence-corrected chi connectivity index (χ3v) is 0.752. The van der Waals surface area contributed by atoms with Crippen LogP contribution in [-0.4, -0.2) is 6.18 Å². The van der Waals surface area contributed by atoms with Crippen LogP contribution in [0.1, 0.15) is 13.3 Å². The Kier molecular flexibility index (Phi) is 3.19. The van der Waals surface area contributed by atoms with Crippen molar-refractivity contribution >= 4 is 0 Å². The van der Waals surface area contributed by atoms with Crippen molar-refractivity contribution in [3.63, 3.8) is 0 Å². The van der Waals surface area contributed by atoms with E-state index in [2.05, 4.69) is 6.58 Å². The Hall–Kier alpha value is -0.730. The summed E-state index contributed by atoms with van der Waals surface area (Å²) in [6, 6.07) is 0. The molecule has 0 saturated heterocycles. The van der Waals surface area contributed by atoms with Gasteiger partial charge in [-0.15, -0.1) is 0 Å². The van der Waals surface area contributed by atoms with E-state index in [1.165, 1.54) is 6.08 Å². The predicted octanol–water partition coefficient (Wildman–Crippen LogP) is 3.07. The molecule has 0 radical (unpaired) electrons. The number of halogens is 3. The third kappa shape index (κ3) is 7.27. The van der Waals surface area contributed by atoms with Gasteiger partial charge < -0.3 is 0 Å². The third-order valence-electron chi connectivity index (χ3n) is 0.752. The fourth-order valence-corrected chi connectivity index (χ4v) is 0.394. The van der Waals surface area contributed by atoms with Crippen LogP contribution in [0.3, 0.4) is 0 Å². The van der Waals surface area contributed by atoms with Gasteiger partial charge in [-0.3, -0.25) is 0 Å². The SMILES string of the molecule is C=C(C)C=CCC(F)(F)F. The fraction of sp³-hybridized carbons (Fsp3) is 0.429. The summed E-state index contributed by atoms with van der Waals surface area (Å²) in [5, 5.41) is 0. The lowest BCUT2D eigenvalue weighted by Gasteiger charge is -1.99. The first-order chi connectivity index (χ1) is 4.42. The maximum Gasteiger partial charge on any atom is 0.392 e. The Bertz CT molecular complexity index is 141. The maximum absolute atomic E-state index is 11.4. The Morgan fingerprint density at radius 3 is 2.30 bits per heavy atom. The van der Waals surface area contributed by atoms with Gasteiger partial charge in [-0.05, 0) is 6.92 Å². The van der Waals surface area contributed by atoms with Gasteiger partial charge in [-0.1, -0.05) is 24.3 Å². The van der Waals surface area contributed by atoms with Crippen molar-refractivity contribution in [3.05, 3.63) is 24.3 Å². The van der Waals surface area contributed by atoms with E-state index in [4.69, 9.17) is 0 Å². The highest BCUT2D eigenvalue weighted by Crippen LogP contribution is 2.19. The van der Waals surface area contributed by atoms with Crippen LogP contribution in [0.25, 0.3) is 0 Å². The number of rotatable bonds is 2. The van der Waals surface area contributed by atoms with Crippen LogP contribution in [0.2, 0.25) is 0 Å². The largest absolute Gasteiger partial charge is 0.392 e. The first-order valence-electron chi connectivity index (χ1n) is 2.80. The molecule has 0 aromatic heterocycles. The molecule has 3 heteroatoms. The second-order valence-electron chi connectivity index (χ2n) is 2.07. The van der Waals surface area contributed by atoms with Gasteiger partial charge in [0.1, 0.15) is 0 Å². The molecule has 0 aromatic rings. The lowest BCUT2D eigenvalue weighted by molar-refractivity contribution is -0.125. The maximum atomic E-state index is 11.4. The summed E-state index contributed by atoms with van der Waals surface area (Å²) < 4.78 is 34.3. The number of hydrogen-bond donors (Lipinski definition) is 0. The lowest BCUT2D eigenvalue weighted by Crippen LogP contribution is -2.03. The number of allylic oxidation sites excluding steroid dienone is 3. The van der Waals surface area contributed by atoms with Gasteiger partial charge in [0.05, 0.1) is 6.42 Å². The van der Waals surface area contributed by atoms with E-state index < -0.39 is 12.6 Å². The van der Waals surface area contributed by atoms with Crippen LogP contribution in [0.4, 0.5) is 13.2 Å². The molecule has 0 nitrogen and oxygen atoms in total. The molecular weight excluding hydrogens is 141 g/mol. The summed E-state index contributed by atoms with van der Waals surface area (Å²) in [5.41, 5.74) is 0.629. The summed E-state index contributed by atoms with van der Waals surface area (Å²) >= 11 is 0.